The lowest BCUT2D eigenvalue weighted by atomic mass is 10.00. The summed E-state index contributed by atoms with van der Waals surface area (Å²) in [5.41, 5.74) is 3.01. The molecule has 0 radical (unpaired) electrons. The molecule has 2 aromatic heterocycles. The number of rotatable bonds is 4. The van der Waals surface area contributed by atoms with Crippen molar-refractivity contribution in [3.8, 4) is 22.6 Å². The van der Waals surface area contributed by atoms with E-state index in [-0.39, 0.29) is 11.3 Å². The van der Waals surface area contributed by atoms with E-state index in [1.165, 1.54) is 22.8 Å². The Morgan fingerprint density at radius 2 is 1.85 bits per heavy atom. The van der Waals surface area contributed by atoms with Crippen LogP contribution in [0.25, 0.3) is 22.4 Å². The summed E-state index contributed by atoms with van der Waals surface area (Å²) in [7, 11) is 1.78. The number of aryl methyl sites for hydroxylation is 1. The quantitative estimate of drug-likeness (QED) is 0.688. The average molecular weight is 375 g/mol. The van der Waals surface area contributed by atoms with Gasteiger partial charge in [-0.1, -0.05) is 12.2 Å². The molecule has 27 heavy (non-hydrogen) atoms. The first-order valence-electron chi connectivity index (χ1n) is 7.92. The maximum Gasteiger partial charge on any atom is 0.573 e. The Bertz CT molecular complexity index is 1050. The first-order valence-corrected chi connectivity index (χ1v) is 7.92. The van der Waals surface area contributed by atoms with Gasteiger partial charge in [0.05, 0.1) is 6.20 Å². The number of ether oxygens (including phenoxy) is 1. The molecule has 0 saturated carbocycles. The van der Waals surface area contributed by atoms with Crippen LogP contribution < -0.4 is 10.3 Å². The minimum atomic E-state index is -4.77. The maximum atomic E-state index is 12.5. The molecule has 0 N–H and O–H groups in total. The van der Waals surface area contributed by atoms with Gasteiger partial charge < -0.3 is 4.74 Å². The fourth-order valence-electron chi connectivity index (χ4n) is 2.69. The van der Waals surface area contributed by atoms with Crippen molar-refractivity contribution in [2.24, 2.45) is 7.05 Å². The van der Waals surface area contributed by atoms with Crippen LogP contribution in [0.15, 0.2) is 60.3 Å². The SMILES string of the molecule is C=C(C)c1cc(=O)n(-c2ccc(OC(F)(F)F)cc2)cc1-c1cnn(C)c1. The molecule has 8 heteroatoms. The number of hydrogen-bond acceptors (Lipinski definition) is 3. The highest BCUT2D eigenvalue weighted by Crippen LogP contribution is 2.28. The largest absolute Gasteiger partial charge is 0.573 e. The third-order valence-electron chi connectivity index (χ3n) is 3.88. The van der Waals surface area contributed by atoms with E-state index in [4.69, 9.17) is 0 Å². The number of hydrogen-bond donors (Lipinski definition) is 0. The summed E-state index contributed by atoms with van der Waals surface area (Å²) in [5, 5.41) is 4.14. The summed E-state index contributed by atoms with van der Waals surface area (Å²) in [6, 6.07) is 6.54. The molecule has 5 nitrogen and oxygen atoms in total. The van der Waals surface area contributed by atoms with Crippen LogP contribution in [0.2, 0.25) is 0 Å². The van der Waals surface area contributed by atoms with E-state index in [0.29, 0.717) is 16.8 Å². The lowest BCUT2D eigenvalue weighted by Crippen LogP contribution is -2.19. The minimum absolute atomic E-state index is 0.329. The second kappa shape index (κ2) is 6.79. The molecular weight excluding hydrogens is 359 g/mol. The van der Waals surface area contributed by atoms with Crippen LogP contribution in [0, 0.1) is 0 Å². The highest BCUT2D eigenvalue weighted by Gasteiger charge is 2.31. The summed E-state index contributed by atoms with van der Waals surface area (Å²) in [4.78, 5) is 12.5. The van der Waals surface area contributed by atoms with Gasteiger partial charge in [0, 0.05) is 42.3 Å². The van der Waals surface area contributed by atoms with E-state index in [9.17, 15) is 18.0 Å². The highest BCUT2D eigenvalue weighted by molar-refractivity contribution is 5.78. The van der Waals surface area contributed by atoms with Crippen LogP contribution in [0.4, 0.5) is 13.2 Å². The van der Waals surface area contributed by atoms with Gasteiger partial charge in [-0.2, -0.15) is 5.10 Å². The van der Waals surface area contributed by atoms with Crippen molar-refractivity contribution < 1.29 is 17.9 Å². The Morgan fingerprint density at radius 1 is 1.19 bits per heavy atom. The van der Waals surface area contributed by atoms with E-state index in [1.54, 1.807) is 37.2 Å². The highest BCUT2D eigenvalue weighted by atomic mass is 19.4. The molecule has 1 aromatic carbocycles. The normalized spacial score (nSPS) is 11.4. The van der Waals surface area contributed by atoms with E-state index in [0.717, 1.165) is 23.3 Å². The monoisotopic (exact) mass is 375 g/mol. The van der Waals surface area contributed by atoms with Crippen molar-refractivity contribution >= 4 is 5.57 Å². The van der Waals surface area contributed by atoms with Crippen LogP contribution in [0.1, 0.15) is 12.5 Å². The Hall–Kier alpha value is -3.29. The Balaban J connectivity index is 2.08. The number of nitrogens with zero attached hydrogens (tertiary/aromatic N) is 3. The smallest absolute Gasteiger partial charge is 0.406 e. The van der Waals surface area contributed by atoms with Crippen LogP contribution in [0.3, 0.4) is 0 Å². The first kappa shape index (κ1) is 18.5. The molecule has 0 aliphatic rings. The average Bonchev–Trinajstić information content (AvgIpc) is 3.00. The molecule has 0 aliphatic heterocycles. The molecule has 3 aromatic rings. The van der Waals surface area contributed by atoms with Crippen molar-refractivity contribution in [1.82, 2.24) is 14.3 Å². The molecule has 0 saturated heterocycles. The Labute approximate surface area is 152 Å². The number of benzene rings is 1. The molecule has 0 unspecified atom stereocenters. The third kappa shape index (κ3) is 4.11. The molecular formula is C19H16F3N3O2. The fraction of sp³-hybridized carbons (Fsp3) is 0.158. The zero-order valence-electron chi connectivity index (χ0n) is 14.6. The van der Waals surface area contributed by atoms with Gasteiger partial charge >= 0.3 is 6.36 Å². The molecule has 0 fully saturated rings. The van der Waals surface area contributed by atoms with Gasteiger partial charge in [0.15, 0.2) is 0 Å². The molecule has 0 spiro atoms. The summed E-state index contributed by atoms with van der Waals surface area (Å²) in [6.07, 6.45) is 0.325. The van der Waals surface area contributed by atoms with E-state index >= 15 is 0 Å². The van der Waals surface area contributed by atoms with Crippen molar-refractivity contribution in [1.29, 1.82) is 0 Å². The van der Waals surface area contributed by atoms with E-state index in [1.807, 2.05) is 0 Å². The summed E-state index contributed by atoms with van der Waals surface area (Å²) < 4.78 is 43.7. The zero-order chi connectivity index (χ0) is 19.8. The molecule has 0 atom stereocenters. The van der Waals surface area contributed by atoms with E-state index < -0.39 is 6.36 Å². The fourth-order valence-corrected chi connectivity index (χ4v) is 2.69. The molecule has 3 rings (SSSR count). The van der Waals surface area contributed by atoms with Gasteiger partial charge in [-0.25, -0.2) is 0 Å². The van der Waals surface area contributed by atoms with Crippen LogP contribution in [-0.4, -0.2) is 20.7 Å². The van der Waals surface area contributed by atoms with Crippen molar-refractivity contribution in [3.63, 3.8) is 0 Å². The van der Waals surface area contributed by atoms with Gasteiger partial charge in [0.2, 0.25) is 0 Å². The molecule has 0 aliphatic carbocycles. The van der Waals surface area contributed by atoms with Gasteiger partial charge in [0.1, 0.15) is 5.75 Å². The Morgan fingerprint density at radius 3 is 2.37 bits per heavy atom. The number of allylic oxidation sites excluding steroid dienone is 1. The Kier molecular flexibility index (Phi) is 4.65. The van der Waals surface area contributed by atoms with Gasteiger partial charge in [0.25, 0.3) is 5.56 Å². The third-order valence-corrected chi connectivity index (χ3v) is 3.88. The van der Waals surface area contributed by atoms with Crippen LogP contribution >= 0.6 is 0 Å². The van der Waals surface area contributed by atoms with Crippen molar-refractivity contribution in [2.75, 3.05) is 0 Å². The second-order valence-electron chi connectivity index (χ2n) is 6.03. The lowest BCUT2D eigenvalue weighted by molar-refractivity contribution is -0.274. The predicted molar refractivity (Wildman–Crippen MR) is 95.6 cm³/mol. The van der Waals surface area contributed by atoms with Crippen molar-refractivity contribution in [3.05, 3.63) is 71.4 Å². The molecule has 140 valence electrons. The molecule has 2 heterocycles. The molecule has 0 bridgehead atoms. The number of aromatic nitrogens is 3. The number of alkyl halides is 3. The first-order chi connectivity index (χ1) is 12.6. The lowest BCUT2D eigenvalue weighted by Gasteiger charge is -2.13. The minimum Gasteiger partial charge on any atom is -0.406 e. The molecule has 0 amide bonds. The van der Waals surface area contributed by atoms with Crippen LogP contribution in [0.5, 0.6) is 5.75 Å². The maximum absolute atomic E-state index is 12.5. The summed E-state index contributed by atoms with van der Waals surface area (Å²) in [6.45, 7) is 5.70. The predicted octanol–water partition coefficient (Wildman–Crippen LogP) is 4.17. The standard InChI is InChI=1S/C19H16F3N3O2/c1-12(2)16-8-18(26)25(11-17(16)13-9-23-24(3)10-13)14-4-6-15(7-5-14)27-19(20,21)22/h4-11H,1H2,2-3H3. The van der Waals surface area contributed by atoms with Gasteiger partial charge in [-0.15, -0.1) is 13.2 Å². The van der Waals surface area contributed by atoms with E-state index in [2.05, 4.69) is 16.4 Å². The van der Waals surface area contributed by atoms with Gasteiger partial charge in [-0.3, -0.25) is 14.0 Å². The van der Waals surface area contributed by atoms with Crippen LogP contribution in [-0.2, 0) is 7.05 Å². The topological polar surface area (TPSA) is 49.1 Å². The van der Waals surface area contributed by atoms with Gasteiger partial charge in [-0.05, 0) is 36.8 Å². The number of halogens is 3. The summed E-state index contributed by atoms with van der Waals surface area (Å²) >= 11 is 0. The second-order valence-corrected chi connectivity index (χ2v) is 6.03. The number of pyridine rings is 1. The zero-order valence-corrected chi connectivity index (χ0v) is 14.6. The van der Waals surface area contributed by atoms with Crippen molar-refractivity contribution in [2.45, 2.75) is 13.3 Å². The summed E-state index contributed by atoms with van der Waals surface area (Å²) in [5.74, 6) is -0.356.